The van der Waals surface area contributed by atoms with Crippen molar-refractivity contribution >= 4 is 34.5 Å². The molecule has 2 aromatic carbocycles. The second-order valence-corrected chi connectivity index (χ2v) is 7.63. The van der Waals surface area contributed by atoms with E-state index in [9.17, 15) is 9.18 Å². The fourth-order valence-electron chi connectivity index (χ4n) is 2.95. The number of aryl methyl sites for hydroxylation is 1. The summed E-state index contributed by atoms with van der Waals surface area (Å²) in [6.07, 6.45) is 3.77. The molecule has 1 N–H and O–H groups in total. The van der Waals surface area contributed by atoms with E-state index >= 15 is 0 Å². The van der Waals surface area contributed by atoms with Crippen LogP contribution in [0.5, 0.6) is 0 Å². The standard InChI is InChI=1S/C22H16ClFN2OS/c1-14-4-9-17(12-19(14)23)25-22(27)21-20(26-10-2-3-11-26)18(13-28-21)15-5-7-16(24)8-6-15/h2-13H,1H3,(H,25,27). The average molecular weight is 411 g/mol. The summed E-state index contributed by atoms with van der Waals surface area (Å²) in [6.45, 7) is 1.91. The summed E-state index contributed by atoms with van der Waals surface area (Å²) in [7, 11) is 0. The van der Waals surface area contributed by atoms with Gasteiger partial charge in [-0.15, -0.1) is 11.3 Å². The van der Waals surface area contributed by atoms with Gasteiger partial charge in [-0.05, 0) is 54.4 Å². The van der Waals surface area contributed by atoms with E-state index in [0.29, 0.717) is 15.6 Å². The molecule has 0 fully saturated rings. The molecule has 4 rings (SSSR count). The topological polar surface area (TPSA) is 34.0 Å². The van der Waals surface area contributed by atoms with Crippen molar-refractivity contribution in [2.45, 2.75) is 6.92 Å². The van der Waals surface area contributed by atoms with Gasteiger partial charge >= 0.3 is 0 Å². The summed E-state index contributed by atoms with van der Waals surface area (Å²) in [6, 6.07) is 15.5. The maximum absolute atomic E-state index is 13.3. The molecule has 0 aliphatic heterocycles. The zero-order valence-corrected chi connectivity index (χ0v) is 16.5. The van der Waals surface area contributed by atoms with Gasteiger partial charge < -0.3 is 9.88 Å². The van der Waals surface area contributed by atoms with Crippen LogP contribution < -0.4 is 5.32 Å². The molecule has 0 aliphatic rings. The van der Waals surface area contributed by atoms with E-state index in [0.717, 1.165) is 22.4 Å². The molecule has 140 valence electrons. The fraction of sp³-hybridized carbons (Fsp3) is 0.0455. The Hall–Kier alpha value is -2.89. The molecule has 4 aromatic rings. The smallest absolute Gasteiger partial charge is 0.267 e. The predicted molar refractivity (Wildman–Crippen MR) is 113 cm³/mol. The first kappa shape index (κ1) is 18.5. The van der Waals surface area contributed by atoms with E-state index in [1.54, 1.807) is 18.2 Å². The first-order chi connectivity index (χ1) is 13.5. The second kappa shape index (κ2) is 7.62. The largest absolute Gasteiger partial charge is 0.322 e. The van der Waals surface area contributed by atoms with Gasteiger partial charge in [0.05, 0.1) is 5.69 Å². The number of hydrogen-bond acceptors (Lipinski definition) is 2. The summed E-state index contributed by atoms with van der Waals surface area (Å²) < 4.78 is 15.2. The molecule has 0 spiro atoms. The lowest BCUT2D eigenvalue weighted by atomic mass is 10.1. The molecule has 0 atom stereocenters. The van der Waals surface area contributed by atoms with Gasteiger partial charge in [-0.1, -0.05) is 29.8 Å². The maximum Gasteiger partial charge on any atom is 0.267 e. The van der Waals surface area contributed by atoms with Crippen LogP contribution >= 0.6 is 22.9 Å². The molecule has 0 saturated carbocycles. The molecule has 2 aromatic heterocycles. The number of thiophene rings is 1. The predicted octanol–water partition coefficient (Wildman–Crippen LogP) is 6.56. The molecule has 0 unspecified atom stereocenters. The normalized spacial score (nSPS) is 10.8. The molecule has 0 radical (unpaired) electrons. The minimum atomic E-state index is -0.296. The summed E-state index contributed by atoms with van der Waals surface area (Å²) in [5, 5.41) is 5.43. The van der Waals surface area contributed by atoms with Gasteiger partial charge in [-0.25, -0.2) is 4.39 Å². The Morgan fingerprint density at radius 1 is 1.11 bits per heavy atom. The quantitative estimate of drug-likeness (QED) is 0.406. The molecular weight excluding hydrogens is 395 g/mol. The molecule has 0 aliphatic carbocycles. The van der Waals surface area contributed by atoms with Crippen molar-refractivity contribution in [2.75, 3.05) is 5.32 Å². The molecule has 28 heavy (non-hydrogen) atoms. The Bertz CT molecular complexity index is 1130. The highest BCUT2D eigenvalue weighted by Gasteiger charge is 2.20. The van der Waals surface area contributed by atoms with Gasteiger partial charge in [0, 0.05) is 34.0 Å². The Morgan fingerprint density at radius 3 is 2.50 bits per heavy atom. The summed E-state index contributed by atoms with van der Waals surface area (Å²) >= 11 is 7.52. The van der Waals surface area contributed by atoms with Crippen molar-refractivity contribution in [1.82, 2.24) is 4.57 Å². The van der Waals surface area contributed by atoms with Crippen LogP contribution in [-0.2, 0) is 0 Å². The molecule has 0 bridgehead atoms. The Labute approximate surface area is 171 Å². The van der Waals surface area contributed by atoms with Gasteiger partial charge in [0.25, 0.3) is 5.91 Å². The Kier molecular flexibility index (Phi) is 5.03. The first-order valence-corrected chi connectivity index (χ1v) is 9.87. The van der Waals surface area contributed by atoms with Crippen molar-refractivity contribution in [3.05, 3.63) is 93.7 Å². The third-order valence-corrected chi connectivity index (χ3v) is 5.79. The van der Waals surface area contributed by atoms with Crippen molar-refractivity contribution in [3.63, 3.8) is 0 Å². The fourth-order valence-corrected chi connectivity index (χ4v) is 4.09. The number of nitrogens with one attached hydrogen (secondary N) is 1. The number of carbonyl (C=O) groups is 1. The zero-order valence-electron chi connectivity index (χ0n) is 14.9. The summed E-state index contributed by atoms with van der Waals surface area (Å²) in [4.78, 5) is 13.6. The molecule has 3 nitrogen and oxygen atoms in total. The number of nitrogens with zero attached hydrogens (tertiary/aromatic N) is 1. The van der Waals surface area contributed by atoms with Crippen LogP contribution in [0, 0.1) is 12.7 Å². The van der Waals surface area contributed by atoms with Gasteiger partial charge in [-0.2, -0.15) is 0 Å². The van der Waals surface area contributed by atoms with E-state index < -0.39 is 0 Å². The van der Waals surface area contributed by atoms with Gasteiger partial charge in [0.2, 0.25) is 0 Å². The van der Waals surface area contributed by atoms with Crippen molar-refractivity contribution < 1.29 is 9.18 Å². The number of benzene rings is 2. The van der Waals surface area contributed by atoms with Crippen LogP contribution in [-0.4, -0.2) is 10.5 Å². The number of rotatable bonds is 4. The van der Waals surface area contributed by atoms with Crippen LogP contribution in [0.15, 0.2) is 72.4 Å². The highest BCUT2D eigenvalue weighted by atomic mass is 35.5. The number of anilines is 1. The summed E-state index contributed by atoms with van der Waals surface area (Å²) in [5.74, 6) is -0.516. The molecule has 6 heteroatoms. The lowest BCUT2D eigenvalue weighted by molar-refractivity contribution is 0.103. The van der Waals surface area contributed by atoms with Crippen LogP contribution in [0.4, 0.5) is 10.1 Å². The minimum Gasteiger partial charge on any atom is -0.322 e. The first-order valence-electron chi connectivity index (χ1n) is 8.61. The van der Waals surface area contributed by atoms with Crippen molar-refractivity contribution in [1.29, 1.82) is 0 Å². The zero-order chi connectivity index (χ0) is 19.7. The van der Waals surface area contributed by atoms with Gasteiger partial charge in [0.15, 0.2) is 0 Å². The van der Waals surface area contributed by atoms with Crippen LogP contribution in [0.3, 0.4) is 0 Å². The minimum absolute atomic E-state index is 0.220. The van der Waals surface area contributed by atoms with E-state index in [1.165, 1.54) is 23.5 Å². The van der Waals surface area contributed by atoms with Crippen molar-refractivity contribution in [2.24, 2.45) is 0 Å². The lowest BCUT2D eigenvalue weighted by Gasteiger charge is -2.11. The number of amides is 1. The Balaban J connectivity index is 1.75. The van der Waals surface area contributed by atoms with Gasteiger partial charge in [0.1, 0.15) is 10.7 Å². The highest BCUT2D eigenvalue weighted by molar-refractivity contribution is 7.13. The van der Waals surface area contributed by atoms with E-state index in [-0.39, 0.29) is 11.7 Å². The van der Waals surface area contributed by atoms with Gasteiger partial charge in [-0.3, -0.25) is 4.79 Å². The molecule has 0 saturated heterocycles. The van der Waals surface area contributed by atoms with E-state index in [1.807, 2.05) is 53.5 Å². The number of halogens is 2. The van der Waals surface area contributed by atoms with Crippen LogP contribution in [0.2, 0.25) is 5.02 Å². The monoisotopic (exact) mass is 410 g/mol. The maximum atomic E-state index is 13.3. The third-order valence-electron chi connectivity index (χ3n) is 4.42. The number of carbonyl (C=O) groups excluding carboxylic acids is 1. The average Bonchev–Trinajstić information content (AvgIpc) is 3.34. The summed E-state index contributed by atoms with van der Waals surface area (Å²) in [5.41, 5.74) is 4.06. The highest BCUT2D eigenvalue weighted by Crippen LogP contribution is 2.35. The van der Waals surface area contributed by atoms with Crippen LogP contribution in [0.25, 0.3) is 16.8 Å². The van der Waals surface area contributed by atoms with E-state index in [2.05, 4.69) is 5.32 Å². The van der Waals surface area contributed by atoms with E-state index in [4.69, 9.17) is 11.6 Å². The number of aromatic nitrogens is 1. The third kappa shape index (κ3) is 3.59. The second-order valence-electron chi connectivity index (χ2n) is 6.34. The molecule has 2 heterocycles. The number of hydrogen-bond donors (Lipinski definition) is 1. The van der Waals surface area contributed by atoms with Crippen LogP contribution in [0.1, 0.15) is 15.2 Å². The molecule has 1 amide bonds. The van der Waals surface area contributed by atoms with Crippen molar-refractivity contribution in [3.8, 4) is 16.8 Å². The molecular formula is C22H16ClFN2OS. The Morgan fingerprint density at radius 2 is 1.82 bits per heavy atom. The lowest BCUT2D eigenvalue weighted by Crippen LogP contribution is -2.13. The SMILES string of the molecule is Cc1ccc(NC(=O)c2scc(-c3ccc(F)cc3)c2-n2cccc2)cc1Cl.